The van der Waals surface area contributed by atoms with E-state index >= 15 is 0 Å². The Morgan fingerprint density at radius 2 is 2.05 bits per heavy atom. The van der Waals surface area contributed by atoms with Gasteiger partial charge >= 0.3 is 5.97 Å². The van der Waals surface area contributed by atoms with Gasteiger partial charge in [-0.05, 0) is 36.6 Å². The molecule has 2 aromatic rings. The van der Waals surface area contributed by atoms with Gasteiger partial charge in [-0.15, -0.1) is 0 Å². The zero-order valence-corrected chi connectivity index (χ0v) is 11.5. The highest BCUT2D eigenvalue weighted by Crippen LogP contribution is 2.29. The molecule has 1 aromatic heterocycles. The van der Waals surface area contributed by atoms with Crippen molar-refractivity contribution in [1.29, 1.82) is 0 Å². The number of carbonyl (C=O) groups excluding carboxylic acids is 1. The van der Waals surface area contributed by atoms with Crippen molar-refractivity contribution in [3.8, 4) is 11.1 Å². The first kappa shape index (κ1) is 13.1. The molecule has 0 fully saturated rings. The number of carbonyl (C=O) groups is 1. The van der Waals surface area contributed by atoms with Gasteiger partial charge in [0.05, 0.1) is 18.9 Å². The van der Waals surface area contributed by atoms with E-state index in [-0.39, 0.29) is 5.97 Å². The molecule has 0 radical (unpaired) electrons. The summed E-state index contributed by atoms with van der Waals surface area (Å²) in [6.45, 7) is 3.86. The molecule has 0 saturated heterocycles. The van der Waals surface area contributed by atoms with Crippen LogP contribution in [0, 0.1) is 13.8 Å². The van der Waals surface area contributed by atoms with Gasteiger partial charge in [-0.25, -0.2) is 4.79 Å². The van der Waals surface area contributed by atoms with Gasteiger partial charge in [0.15, 0.2) is 0 Å². The number of hydrogen-bond donors (Lipinski definition) is 1. The first-order valence-electron chi connectivity index (χ1n) is 5.93. The van der Waals surface area contributed by atoms with Crippen molar-refractivity contribution >= 4 is 11.8 Å². The maximum atomic E-state index is 11.8. The number of benzene rings is 1. The molecule has 2 N–H and O–H groups in total. The molecule has 100 valence electrons. The minimum absolute atomic E-state index is 0.343. The summed E-state index contributed by atoms with van der Waals surface area (Å²) in [6, 6.07) is 3.79. The van der Waals surface area contributed by atoms with Gasteiger partial charge in [-0.1, -0.05) is 6.07 Å². The van der Waals surface area contributed by atoms with Crippen molar-refractivity contribution in [2.45, 2.75) is 13.8 Å². The monoisotopic (exact) mass is 259 g/mol. The van der Waals surface area contributed by atoms with Crippen LogP contribution in [0.3, 0.4) is 0 Å². The minimum atomic E-state index is -0.343. The average molecular weight is 259 g/mol. The molecule has 0 aliphatic rings. The third kappa shape index (κ3) is 2.19. The highest BCUT2D eigenvalue weighted by molar-refractivity contribution is 5.93. The maximum absolute atomic E-state index is 11.8. The summed E-state index contributed by atoms with van der Waals surface area (Å²) in [5, 5.41) is 4.11. The van der Waals surface area contributed by atoms with Crippen LogP contribution < -0.4 is 5.73 Å². The molecular weight excluding hydrogens is 242 g/mol. The number of anilines is 1. The molecule has 0 aliphatic heterocycles. The molecule has 0 spiro atoms. The molecule has 0 atom stereocenters. The van der Waals surface area contributed by atoms with Crippen molar-refractivity contribution in [2.75, 3.05) is 12.8 Å². The lowest BCUT2D eigenvalue weighted by atomic mass is 9.97. The van der Waals surface area contributed by atoms with Crippen LogP contribution in [-0.2, 0) is 11.8 Å². The molecule has 0 amide bonds. The number of nitrogen functional groups attached to an aromatic ring is 1. The van der Waals surface area contributed by atoms with Crippen LogP contribution >= 0.6 is 0 Å². The van der Waals surface area contributed by atoms with Gasteiger partial charge in [0.1, 0.15) is 5.82 Å². The van der Waals surface area contributed by atoms with E-state index in [1.54, 1.807) is 24.0 Å². The first-order valence-corrected chi connectivity index (χ1v) is 5.93. The fraction of sp³-hybridized carbons (Fsp3) is 0.286. The summed E-state index contributed by atoms with van der Waals surface area (Å²) in [5.41, 5.74) is 10.1. The Kier molecular flexibility index (Phi) is 3.29. The van der Waals surface area contributed by atoms with Crippen LogP contribution in [0.5, 0.6) is 0 Å². The Bertz CT molecular complexity index is 644. The van der Waals surface area contributed by atoms with E-state index in [2.05, 4.69) is 5.10 Å². The van der Waals surface area contributed by atoms with Crippen molar-refractivity contribution < 1.29 is 9.53 Å². The van der Waals surface area contributed by atoms with Crippen LogP contribution in [0.15, 0.2) is 18.3 Å². The average Bonchev–Trinajstić information content (AvgIpc) is 2.72. The van der Waals surface area contributed by atoms with Crippen LogP contribution in [0.1, 0.15) is 21.5 Å². The second kappa shape index (κ2) is 4.76. The van der Waals surface area contributed by atoms with Crippen LogP contribution in [0.25, 0.3) is 11.1 Å². The number of nitrogens with two attached hydrogens (primary N) is 1. The predicted molar refractivity (Wildman–Crippen MR) is 73.9 cm³/mol. The Hall–Kier alpha value is -2.30. The van der Waals surface area contributed by atoms with E-state index in [4.69, 9.17) is 10.5 Å². The molecular formula is C14H17N3O2. The van der Waals surface area contributed by atoms with E-state index in [0.29, 0.717) is 11.4 Å². The lowest BCUT2D eigenvalue weighted by Gasteiger charge is -2.10. The standard InChI is InChI=1S/C14H17N3O2/c1-8-5-10(12-7-16-17(3)13(12)15)6-11(9(8)2)14(18)19-4/h5-7H,15H2,1-4H3. The van der Waals surface area contributed by atoms with Gasteiger partial charge in [-0.2, -0.15) is 5.10 Å². The molecule has 0 saturated carbocycles. The number of rotatable bonds is 2. The lowest BCUT2D eigenvalue weighted by molar-refractivity contribution is 0.0600. The maximum Gasteiger partial charge on any atom is 0.338 e. The van der Waals surface area contributed by atoms with E-state index in [1.807, 2.05) is 19.9 Å². The third-order valence-electron chi connectivity index (χ3n) is 3.37. The van der Waals surface area contributed by atoms with Gasteiger partial charge in [0.25, 0.3) is 0 Å². The number of nitrogens with zero attached hydrogens (tertiary/aromatic N) is 2. The van der Waals surface area contributed by atoms with E-state index in [1.165, 1.54) is 7.11 Å². The molecule has 0 unspecified atom stereocenters. The number of methoxy groups -OCH3 is 1. The van der Waals surface area contributed by atoms with Crippen molar-refractivity contribution in [2.24, 2.45) is 7.05 Å². The smallest absolute Gasteiger partial charge is 0.338 e. The number of aromatic nitrogens is 2. The highest BCUT2D eigenvalue weighted by atomic mass is 16.5. The van der Waals surface area contributed by atoms with E-state index < -0.39 is 0 Å². The van der Waals surface area contributed by atoms with Crippen molar-refractivity contribution in [1.82, 2.24) is 9.78 Å². The lowest BCUT2D eigenvalue weighted by Crippen LogP contribution is -2.06. The molecule has 5 nitrogen and oxygen atoms in total. The highest BCUT2D eigenvalue weighted by Gasteiger charge is 2.15. The molecule has 1 heterocycles. The summed E-state index contributed by atoms with van der Waals surface area (Å²) in [4.78, 5) is 11.8. The number of ether oxygens (including phenoxy) is 1. The third-order valence-corrected chi connectivity index (χ3v) is 3.37. The summed E-state index contributed by atoms with van der Waals surface area (Å²) in [5.74, 6) is 0.226. The zero-order valence-electron chi connectivity index (χ0n) is 11.5. The molecule has 5 heteroatoms. The molecule has 0 bridgehead atoms. The van der Waals surface area contributed by atoms with Crippen LogP contribution in [-0.4, -0.2) is 22.9 Å². The second-order valence-corrected chi connectivity index (χ2v) is 4.52. The fourth-order valence-corrected chi connectivity index (χ4v) is 2.01. The normalized spacial score (nSPS) is 10.5. The number of esters is 1. The molecule has 1 aromatic carbocycles. The molecule has 0 aliphatic carbocycles. The van der Waals surface area contributed by atoms with Crippen molar-refractivity contribution in [3.05, 3.63) is 35.0 Å². The van der Waals surface area contributed by atoms with Gasteiger partial charge in [0.2, 0.25) is 0 Å². The first-order chi connectivity index (χ1) is 8.95. The number of aryl methyl sites for hydroxylation is 2. The Morgan fingerprint density at radius 1 is 1.37 bits per heavy atom. The summed E-state index contributed by atoms with van der Waals surface area (Å²) < 4.78 is 6.41. The largest absolute Gasteiger partial charge is 0.465 e. The van der Waals surface area contributed by atoms with E-state index in [0.717, 1.165) is 22.3 Å². The minimum Gasteiger partial charge on any atom is -0.465 e. The Labute approximate surface area is 112 Å². The SMILES string of the molecule is COC(=O)c1cc(-c2cnn(C)c2N)cc(C)c1C. The summed E-state index contributed by atoms with van der Waals surface area (Å²) in [6.07, 6.45) is 1.69. The molecule has 2 rings (SSSR count). The van der Waals surface area contributed by atoms with Crippen LogP contribution in [0.2, 0.25) is 0 Å². The topological polar surface area (TPSA) is 70.1 Å². The molecule has 19 heavy (non-hydrogen) atoms. The Morgan fingerprint density at radius 3 is 2.58 bits per heavy atom. The quantitative estimate of drug-likeness (QED) is 0.838. The predicted octanol–water partition coefficient (Wildman–Crippen LogP) is 2.07. The zero-order chi connectivity index (χ0) is 14.2. The van der Waals surface area contributed by atoms with Gasteiger partial charge in [0, 0.05) is 12.6 Å². The summed E-state index contributed by atoms with van der Waals surface area (Å²) >= 11 is 0. The van der Waals surface area contributed by atoms with E-state index in [9.17, 15) is 4.79 Å². The Balaban J connectivity index is 2.63. The number of hydrogen-bond acceptors (Lipinski definition) is 4. The second-order valence-electron chi connectivity index (χ2n) is 4.52. The van der Waals surface area contributed by atoms with Crippen LogP contribution in [0.4, 0.5) is 5.82 Å². The summed E-state index contributed by atoms with van der Waals surface area (Å²) in [7, 11) is 3.16. The van der Waals surface area contributed by atoms with Gasteiger partial charge in [-0.3, -0.25) is 4.68 Å². The fourth-order valence-electron chi connectivity index (χ4n) is 2.01. The van der Waals surface area contributed by atoms with Crippen molar-refractivity contribution in [3.63, 3.8) is 0 Å². The van der Waals surface area contributed by atoms with Gasteiger partial charge < -0.3 is 10.5 Å².